The lowest BCUT2D eigenvalue weighted by molar-refractivity contribution is 0.495. The Morgan fingerprint density at radius 2 is 2.60 bits per heavy atom. The highest BCUT2D eigenvalue weighted by molar-refractivity contribution is 5.19. The molecule has 2 nitrogen and oxygen atoms in total. The van der Waals surface area contributed by atoms with Crippen LogP contribution in [0.5, 0.6) is 0 Å². The van der Waals surface area contributed by atoms with E-state index in [0.29, 0.717) is 0 Å². The Kier molecular flexibility index (Phi) is 1.26. The first-order valence-electron chi connectivity index (χ1n) is 3.87. The summed E-state index contributed by atoms with van der Waals surface area (Å²) in [7, 11) is 0. The number of hydrogen-bond donors (Lipinski definition) is 1. The summed E-state index contributed by atoms with van der Waals surface area (Å²) >= 11 is 0. The summed E-state index contributed by atoms with van der Waals surface area (Å²) in [6, 6.07) is 0. The van der Waals surface area contributed by atoms with E-state index in [2.05, 4.69) is 17.1 Å². The maximum atomic E-state index is 4.01. The molecule has 0 fully saturated rings. The molecule has 1 aliphatic rings. The number of hydrogen-bond acceptors (Lipinski definition) is 1. The number of aromatic nitrogens is 2. The van der Waals surface area contributed by atoms with Gasteiger partial charge in [-0.2, -0.15) is 5.10 Å². The van der Waals surface area contributed by atoms with Crippen LogP contribution in [0.2, 0.25) is 0 Å². The third-order valence-electron chi connectivity index (χ3n) is 2.27. The maximum absolute atomic E-state index is 4.01. The molecule has 0 aliphatic heterocycles. The van der Waals surface area contributed by atoms with Gasteiger partial charge in [-0.25, -0.2) is 0 Å². The quantitative estimate of drug-likeness (QED) is 0.575. The lowest BCUT2D eigenvalue weighted by Crippen LogP contribution is -2.09. The van der Waals surface area contributed by atoms with Gasteiger partial charge in [-0.15, -0.1) is 0 Å². The summed E-state index contributed by atoms with van der Waals surface area (Å²) in [6.07, 6.45) is 5.69. The van der Waals surface area contributed by atoms with E-state index in [4.69, 9.17) is 0 Å². The van der Waals surface area contributed by atoms with Crippen molar-refractivity contribution < 1.29 is 0 Å². The van der Waals surface area contributed by atoms with Gasteiger partial charge in [0.25, 0.3) is 0 Å². The van der Waals surface area contributed by atoms with Gasteiger partial charge in [-0.3, -0.25) is 5.10 Å². The second-order valence-corrected chi connectivity index (χ2v) is 3.22. The van der Waals surface area contributed by atoms with Crippen LogP contribution < -0.4 is 0 Å². The molecule has 0 saturated heterocycles. The first kappa shape index (κ1) is 5.96. The van der Waals surface area contributed by atoms with Crippen molar-refractivity contribution in [2.24, 2.45) is 5.92 Å². The molecule has 10 heavy (non-hydrogen) atoms. The number of nitrogens with one attached hydrogen (secondary N) is 1. The fourth-order valence-corrected chi connectivity index (χ4v) is 1.58. The van der Waals surface area contributed by atoms with Gasteiger partial charge in [-0.05, 0) is 30.7 Å². The van der Waals surface area contributed by atoms with Crippen LogP contribution in [-0.2, 0) is 12.8 Å². The molecule has 0 unspecified atom stereocenters. The number of rotatable bonds is 0. The fourth-order valence-electron chi connectivity index (χ4n) is 1.58. The van der Waals surface area contributed by atoms with E-state index in [1.54, 1.807) is 0 Å². The van der Waals surface area contributed by atoms with Gasteiger partial charge in [0.1, 0.15) is 0 Å². The van der Waals surface area contributed by atoms with E-state index in [-0.39, 0.29) is 0 Å². The van der Waals surface area contributed by atoms with Gasteiger partial charge in [0, 0.05) is 5.69 Å². The molecule has 0 amide bonds. The summed E-state index contributed by atoms with van der Waals surface area (Å²) in [6.45, 7) is 2.30. The molecule has 1 N–H and O–H groups in total. The van der Waals surface area contributed by atoms with Crippen LogP contribution in [0, 0.1) is 5.92 Å². The van der Waals surface area contributed by atoms with Crippen LogP contribution >= 0.6 is 0 Å². The molecule has 0 spiro atoms. The SMILES string of the molecule is C[C@H]1CCc2cn[nH]c2C1. The lowest BCUT2D eigenvalue weighted by Gasteiger charge is -2.16. The minimum Gasteiger partial charge on any atom is -0.282 e. The molecular weight excluding hydrogens is 124 g/mol. The summed E-state index contributed by atoms with van der Waals surface area (Å²) in [5.41, 5.74) is 2.79. The second kappa shape index (κ2) is 2.11. The summed E-state index contributed by atoms with van der Waals surface area (Å²) in [5.74, 6) is 0.841. The van der Waals surface area contributed by atoms with Crippen molar-refractivity contribution in [2.75, 3.05) is 0 Å². The zero-order valence-corrected chi connectivity index (χ0v) is 6.22. The predicted octanol–water partition coefficient (Wildman–Crippen LogP) is 1.53. The van der Waals surface area contributed by atoms with Gasteiger partial charge in [0.15, 0.2) is 0 Å². The first-order chi connectivity index (χ1) is 4.86. The number of fused-ring (bicyclic) bond motifs is 1. The highest BCUT2D eigenvalue weighted by atomic mass is 15.1. The average Bonchev–Trinajstić information content (AvgIpc) is 2.33. The van der Waals surface area contributed by atoms with Gasteiger partial charge < -0.3 is 0 Å². The molecule has 0 bridgehead atoms. The standard InChI is InChI=1S/C8H12N2/c1-6-2-3-7-5-9-10-8(7)4-6/h5-6H,2-4H2,1H3,(H,9,10)/t6-/m0/s1. The lowest BCUT2D eigenvalue weighted by atomic mass is 9.90. The highest BCUT2D eigenvalue weighted by Crippen LogP contribution is 2.22. The van der Waals surface area contributed by atoms with E-state index in [1.807, 2.05) is 6.20 Å². The van der Waals surface area contributed by atoms with Gasteiger partial charge in [0.05, 0.1) is 6.20 Å². The van der Waals surface area contributed by atoms with E-state index < -0.39 is 0 Å². The van der Waals surface area contributed by atoms with Crippen molar-refractivity contribution in [3.63, 3.8) is 0 Å². The Morgan fingerprint density at radius 1 is 1.70 bits per heavy atom. The van der Waals surface area contributed by atoms with Crippen molar-refractivity contribution in [1.29, 1.82) is 0 Å². The Labute approximate surface area is 60.6 Å². The molecule has 0 saturated carbocycles. The molecular formula is C8H12N2. The molecule has 1 heterocycles. The van der Waals surface area contributed by atoms with E-state index >= 15 is 0 Å². The van der Waals surface area contributed by atoms with Crippen LogP contribution in [0.1, 0.15) is 24.6 Å². The molecule has 0 aromatic carbocycles. The van der Waals surface area contributed by atoms with E-state index in [1.165, 1.54) is 30.5 Å². The highest BCUT2D eigenvalue weighted by Gasteiger charge is 2.15. The Hall–Kier alpha value is -0.790. The Morgan fingerprint density at radius 3 is 3.50 bits per heavy atom. The van der Waals surface area contributed by atoms with Crippen LogP contribution in [0.25, 0.3) is 0 Å². The zero-order valence-electron chi connectivity index (χ0n) is 6.22. The molecule has 2 heteroatoms. The molecule has 0 radical (unpaired) electrons. The molecule has 1 aliphatic carbocycles. The molecule has 1 aromatic rings. The predicted molar refractivity (Wildman–Crippen MR) is 39.8 cm³/mol. The van der Waals surface area contributed by atoms with Crippen molar-refractivity contribution in [1.82, 2.24) is 10.2 Å². The first-order valence-corrected chi connectivity index (χ1v) is 3.87. The van der Waals surface area contributed by atoms with Gasteiger partial charge in [-0.1, -0.05) is 6.92 Å². The van der Waals surface area contributed by atoms with E-state index in [9.17, 15) is 0 Å². The van der Waals surface area contributed by atoms with Crippen molar-refractivity contribution in [3.05, 3.63) is 17.5 Å². The van der Waals surface area contributed by atoms with Crippen LogP contribution in [-0.4, -0.2) is 10.2 Å². The Bertz CT molecular complexity index is 227. The molecule has 1 atom stereocenters. The van der Waals surface area contributed by atoms with Crippen molar-refractivity contribution in [2.45, 2.75) is 26.2 Å². The third kappa shape index (κ3) is 0.838. The summed E-state index contributed by atoms with van der Waals surface area (Å²) in [5, 5.41) is 7.05. The molecule has 1 aromatic heterocycles. The van der Waals surface area contributed by atoms with Crippen LogP contribution in [0.4, 0.5) is 0 Å². The molecule has 2 rings (SSSR count). The van der Waals surface area contributed by atoms with Crippen LogP contribution in [0.3, 0.4) is 0 Å². The number of H-pyrrole nitrogens is 1. The number of aromatic amines is 1. The van der Waals surface area contributed by atoms with Crippen molar-refractivity contribution >= 4 is 0 Å². The average molecular weight is 136 g/mol. The van der Waals surface area contributed by atoms with Crippen LogP contribution in [0.15, 0.2) is 6.20 Å². The van der Waals surface area contributed by atoms with E-state index in [0.717, 1.165) is 5.92 Å². The fraction of sp³-hybridized carbons (Fsp3) is 0.625. The summed E-state index contributed by atoms with van der Waals surface area (Å²) in [4.78, 5) is 0. The number of nitrogens with zero attached hydrogens (tertiary/aromatic N) is 1. The minimum absolute atomic E-state index is 0.841. The van der Waals surface area contributed by atoms with Gasteiger partial charge in [0.2, 0.25) is 0 Å². The second-order valence-electron chi connectivity index (χ2n) is 3.22. The topological polar surface area (TPSA) is 28.7 Å². The molecule has 54 valence electrons. The third-order valence-corrected chi connectivity index (χ3v) is 2.27. The minimum atomic E-state index is 0.841. The number of aryl methyl sites for hydroxylation is 1. The maximum Gasteiger partial charge on any atom is 0.0522 e. The largest absolute Gasteiger partial charge is 0.282 e. The normalized spacial score (nSPS) is 24.3. The zero-order chi connectivity index (χ0) is 6.97. The van der Waals surface area contributed by atoms with Crippen molar-refractivity contribution in [3.8, 4) is 0 Å². The summed E-state index contributed by atoms with van der Waals surface area (Å²) < 4.78 is 0. The smallest absolute Gasteiger partial charge is 0.0522 e. The Balaban J connectivity index is 2.30. The van der Waals surface area contributed by atoms with Gasteiger partial charge >= 0.3 is 0 Å². The monoisotopic (exact) mass is 136 g/mol.